The van der Waals surface area contributed by atoms with Crippen LogP contribution in [0.15, 0.2) is 0 Å². The average Bonchev–Trinajstić information content (AvgIpc) is 2.21. The highest BCUT2D eigenvalue weighted by molar-refractivity contribution is 8.01. The molecule has 0 aliphatic carbocycles. The van der Waals surface area contributed by atoms with E-state index in [0.717, 1.165) is 12.8 Å². The van der Waals surface area contributed by atoms with E-state index in [4.69, 9.17) is 0 Å². The van der Waals surface area contributed by atoms with Crippen LogP contribution in [0.1, 0.15) is 33.6 Å². The lowest BCUT2D eigenvalue weighted by Gasteiger charge is -2.37. The minimum absolute atomic E-state index is 0.302. The number of hydrogen-bond donors (Lipinski definition) is 0. The SMILES string of the molecule is CC[C@]1(C)SC2CC(=O)N2[C@H]1C. The maximum Gasteiger partial charge on any atom is 0.226 e. The van der Waals surface area contributed by atoms with Crippen molar-refractivity contribution in [1.29, 1.82) is 0 Å². The Balaban J connectivity index is 2.20. The molecule has 0 aromatic rings. The molecule has 2 aliphatic rings. The van der Waals surface area contributed by atoms with Gasteiger partial charge in [0.1, 0.15) is 0 Å². The molecular formula is C9H15NOS. The molecule has 2 fully saturated rings. The molecule has 2 heterocycles. The maximum absolute atomic E-state index is 11.2. The Labute approximate surface area is 77.7 Å². The van der Waals surface area contributed by atoms with Gasteiger partial charge in [0.05, 0.1) is 11.8 Å². The van der Waals surface area contributed by atoms with Crippen LogP contribution in [-0.4, -0.2) is 27.0 Å². The van der Waals surface area contributed by atoms with Crippen molar-refractivity contribution < 1.29 is 4.79 Å². The molecule has 12 heavy (non-hydrogen) atoms. The van der Waals surface area contributed by atoms with Gasteiger partial charge < -0.3 is 4.90 Å². The summed E-state index contributed by atoms with van der Waals surface area (Å²) in [4.78, 5) is 13.3. The first-order valence-electron chi connectivity index (χ1n) is 4.57. The van der Waals surface area contributed by atoms with E-state index in [1.54, 1.807) is 0 Å². The molecule has 2 saturated heterocycles. The summed E-state index contributed by atoms with van der Waals surface area (Å²) in [6.07, 6.45) is 1.92. The van der Waals surface area contributed by atoms with Crippen molar-refractivity contribution >= 4 is 17.7 Å². The molecule has 2 nitrogen and oxygen atoms in total. The second-order valence-electron chi connectivity index (χ2n) is 3.92. The van der Waals surface area contributed by atoms with Gasteiger partial charge in [-0.2, -0.15) is 0 Å². The van der Waals surface area contributed by atoms with Crippen molar-refractivity contribution in [2.75, 3.05) is 0 Å². The zero-order valence-electron chi connectivity index (χ0n) is 7.83. The van der Waals surface area contributed by atoms with Gasteiger partial charge >= 0.3 is 0 Å². The summed E-state index contributed by atoms with van der Waals surface area (Å²) in [7, 11) is 0. The first-order valence-corrected chi connectivity index (χ1v) is 5.45. The number of fused-ring (bicyclic) bond motifs is 1. The second kappa shape index (κ2) is 2.41. The van der Waals surface area contributed by atoms with Gasteiger partial charge in [-0.15, -0.1) is 11.8 Å². The molecule has 0 aromatic heterocycles. The average molecular weight is 185 g/mol. The molecule has 68 valence electrons. The van der Waals surface area contributed by atoms with Gasteiger partial charge in [-0.05, 0) is 20.3 Å². The molecule has 3 atom stereocenters. The molecule has 2 aliphatic heterocycles. The largest absolute Gasteiger partial charge is 0.326 e. The van der Waals surface area contributed by atoms with Crippen LogP contribution in [0.4, 0.5) is 0 Å². The summed E-state index contributed by atoms with van der Waals surface area (Å²) in [5, 5.41) is 0.498. The highest BCUT2D eigenvalue weighted by Crippen LogP contribution is 2.51. The third-order valence-corrected chi connectivity index (χ3v) is 5.19. The van der Waals surface area contributed by atoms with E-state index in [9.17, 15) is 4.79 Å². The molecular weight excluding hydrogens is 170 g/mol. The summed E-state index contributed by atoms with van der Waals surface area (Å²) < 4.78 is 0.302. The van der Waals surface area contributed by atoms with Crippen molar-refractivity contribution in [3.8, 4) is 0 Å². The first kappa shape index (κ1) is 8.42. The zero-order chi connectivity index (χ0) is 8.93. The fourth-order valence-electron chi connectivity index (χ4n) is 2.05. The number of nitrogens with zero attached hydrogens (tertiary/aromatic N) is 1. The van der Waals surface area contributed by atoms with Gasteiger partial charge in [0.25, 0.3) is 0 Å². The van der Waals surface area contributed by atoms with Crippen molar-refractivity contribution in [3.63, 3.8) is 0 Å². The third-order valence-electron chi connectivity index (χ3n) is 3.36. The zero-order valence-corrected chi connectivity index (χ0v) is 8.65. The van der Waals surface area contributed by atoms with Crippen LogP contribution in [-0.2, 0) is 4.79 Å². The molecule has 1 unspecified atom stereocenters. The Morgan fingerprint density at radius 2 is 2.42 bits per heavy atom. The Kier molecular flexibility index (Phi) is 1.69. The van der Waals surface area contributed by atoms with E-state index < -0.39 is 0 Å². The summed E-state index contributed by atoms with van der Waals surface area (Å²) in [6.45, 7) is 6.65. The molecule has 1 amide bonds. The number of β-lactam (4-membered cyclic amide) rings is 1. The molecule has 2 rings (SSSR count). The Hall–Kier alpha value is -0.180. The summed E-state index contributed by atoms with van der Waals surface area (Å²) in [5.74, 6) is 0.345. The van der Waals surface area contributed by atoms with Crippen LogP contribution in [0.25, 0.3) is 0 Å². The van der Waals surface area contributed by atoms with Crippen LogP contribution in [0.3, 0.4) is 0 Å². The van der Waals surface area contributed by atoms with Crippen LogP contribution in [0, 0.1) is 0 Å². The lowest BCUT2D eigenvalue weighted by molar-refractivity contribution is -0.143. The Morgan fingerprint density at radius 3 is 2.83 bits per heavy atom. The minimum Gasteiger partial charge on any atom is -0.326 e. The predicted octanol–water partition coefficient (Wildman–Crippen LogP) is 1.85. The fourth-order valence-corrected chi connectivity index (χ4v) is 3.79. The molecule has 0 bridgehead atoms. The van der Waals surface area contributed by atoms with Crippen LogP contribution in [0.2, 0.25) is 0 Å². The van der Waals surface area contributed by atoms with Crippen LogP contribution in [0.5, 0.6) is 0 Å². The number of amides is 1. The summed E-state index contributed by atoms with van der Waals surface area (Å²) in [6, 6.07) is 0.429. The van der Waals surface area contributed by atoms with Crippen LogP contribution < -0.4 is 0 Å². The number of carbonyl (C=O) groups is 1. The molecule has 3 heteroatoms. The van der Waals surface area contributed by atoms with E-state index >= 15 is 0 Å². The van der Waals surface area contributed by atoms with E-state index in [0.29, 0.717) is 22.1 Å². The minimum atomic E-state index is 0.302. The summed E-state index contributed by atoms with van der Waals surface area (Å²) >= 11 is 1.98. The lowest BCUT2D eigenvalue weighted by Crippen LogP contribution is -2.52. The predicted molar refractivity (Wildman–Crippen MR) is 51.0 cm³/mol. The van der Waals surface area contributed by atoms with E-state index in [1.807, 2.05) is 16.7 Å². The lowest BCUT2D eigenvalue weighted by atomic mass is 9.96. The smallest absolute Gasteiger partial charge is 0.226 e. The first-order chi connectivity index (χ1) is 5.58. The van der Waals surface area contributed by atoms with Crippen molar-refractivity contribution in [2.24, 2.45) is 0 Å². The maximum atomic E-state index is 11.2. The van der Waals surface area contributed by atoms with E-state index in [1.165, 1.54) is 0 Å². The van der Waals surface area contributed by atoms with Crippen molar-refractivity contribution in [3.05, 3.63) is 0 Å². The van der Waals surface area contributed by atoms with Crippen molar-refractivity contribution in [1.82, 2.24) is 4.90 Å². The molecule has 0 N–H and O–H groups in total. The number of rotatable bonds is 1. The summed E-state index contributed by atoms with van der Waals surface area (Å²) in [5.41, 5.74) is 0. The number of carbonyl (C=O) groups excluding carboxylic acids is 1. The molecule has 0 spiro atoms. The van der Waals surface area contributed by atoms with Crippen molar-refractivity contribution in [2.45, 2.75) is 49.8 Å². The van der Waals surface area contributed by atoms with Gasteiger partial charge in [-0.1, -0.05) is 6.92 Å². The number of hydrogen-bond acceptors (Lipinski definition) is 2. The van der Waals surface area contributed by atoms with Gasteiger partial charge in [0, 0.05) is 10.8 Å². The Morgan fingerprint density at radius 1 is 1.75 bits per heavy atom. The Bertz CT molecular complexity index is 231. The quantitative estimate of drug-likeness (QED) is 0.581. The normalized spacial score (nSPS) is 45.9. The monoisotopic (exact) mass is 185 g/mol. The van der Waals surface area contributed by atoms with Gasteiger partial charge in [-0.25, -0.2) is 0 Å². The fraction of sp³-hybridized carbons (Fsp3) is 0.889. The van der Waals surface area contributed by atoms with Gasteiger partial charge in [0.15, 0.2) is 0 Å². The van der Waals surface area contributed by atoms with Gasteiger partial charge in [0.2, 0.25) is 5.91 Å². The van der Waals surface area contributed by atoms with E-state index in [-0.39, 0.29) is 0 Å². The number of thioether (sulfide) groups is 1. The second-order valence-corrected chi connectivity index (χ2v) is 5.63. The highest BCUT2D eigenvalue weighted by atomic mass is 32.2. The standard InChI is InChI=1S/C9H15NOS/c1-4-9(3)6(2)10-7(11)5-8(10)12-9/h6,8H,4-5H2,1-3H3/t6-,8?,9-/m0/s1. The van der Waals surface area contributed by atoms with Gasteiger partial charge in [-0.3, -0.25) is 4.79 Å². The van der Waals surface area contributed by atoms with E-state index in [2.05, 4.69) is 20.8 Å². The molecule has 0 saturated carbocycles. The molecule has 0 aromatic carbocycles. The van der Waals surface area contributed by atoms with Crippen LogP contribution >= 0.6 is 11.8 Å². The topological polar surface area (TPSA) is 20.3 Å². The molecule has 0 radical (unpaired) electrons. The highest BCUT2D eigenvalue weighted by Gasteiger charge is 2.54. The third kappa shape index (κ3) is 0.859.